The number of nitrogens with zero attached hydrogens (tertiary/aromatic N) is 3. The minimum absolute atomic E-state index is 0.0449. The number of nitrogens with one attached hydrogen (secondary N) is 1. The Hall–Kier alpha value is -2.96. The van der Waals surface area contributed by atoms with E-state index in [9.17, 15) is 14.9 Å². The van der Waals surface area contributed by atoms with Crippen LogP contribution >= 0.6 is 0 Å². The summed E-state index contributed by atoms with van der Waals surface area (Å²) in [6, 6.07) is 7.64. The number of amides is 1. The van der Waals surface area contributed by atoms with Crippen LogP contribution in [0.1, 0.15) is 10.4 Å². The van der Waals surface area contributed by atoms with Crippen molar-refractivity contribution in [3.63, 3.8) is 0 Å². The zero-order valence-electron chi connectivity index (χ0n) is 10.5. The number of fused-ring (bicyclic) bond motifs is 2. The minimum atomic E-state index is -0.478. The number of pyridine rings is 1. The summed E-state index contributed by atoms with van der Waals surface area (Å²) in [6.07, 6.45) is 1.56. The summed E-state index contributed by atoms with van der Waals surface area (Å²) in [7, 11) is 1.62. The summed E-state index contributed by atoms with van der Waals surface area (Å²) in [4.78, 5) is 28.3. The van der Waals surface area contributed by atoms with Crippen molar-refractivity contribution in [1.82, 2.24) is 4.98 Å². The molecule has 0 bridgehead atoms. The monoisotopic (exact) mass is 270 g/mol. The molecule has 1 aliphatic heterocycles. The van der Waals surface area contributed by atoms with E-state index in [1.54, 1.807) is 31.4 Å². The van der Waals surface area contributed by atoms with Gasteiger partial charge in [-0.05, 0) is 18.2 Å². The quantitative estimate of drug-likeness (QED) is 0.634. The maximum Gasteiger partial charge on any atom is 0.271 e. The standard InChI is InChI=1S/C13H10N4O3/c1-16-11-5-4-8(17(19)20)7-10(11)15-12-9(13(16)18)3-2-6-14-12/h2-7H,1H3,(H,14,15). The summed E-state index contributed by atoms with van der Waals surface area (Å²) in [6.45, 7) is 0. The first-order chi connectivity index (χ1) is 9.58. The molecule has 2 aromatic rings. The maximum absolute atomic E-state index is 12.3. The summed E-state index contributed by atoms with van der Waals surface area (Å²) in [5.41, 5.74) is 1.43. The first-order valence-electron chi connectivity index (χ1n) is 5.86. The molecule has 1 aliphatic rings. The molecule has 1 aromatic carbocycles. The van der Waals surface area contributed by atoms with Crippen LogP contribution in [-0.2, 0) is 0 Å². The van der Waals surface area contributed by atoms with Crippen LogP contribution in [0, 0.1) is 10.1 Å². The van der Waals surface area contributed by atoms with Gasteiger partial charge in [-0.25, -0.2) is 4.98 Å². The molecule has 1 N–H and O–H groups in total. The van der Waals surface area contributed by atoms with E-state index in [0.29, 0.717) is 22.8 Å². The van der Waals surface area contributed by atoms with Crippen molar-refractivity contribution in [2.75, 3.05) is 17.3 Å². The van der Waals surface area contributed by atoms with E-state index in [0.717, 1.165) is 0 Å². The van der Waals surface area contributed by atoms with Gasteiger partial charge in [0.25, 0.3) is 11.6 Å². The zero-order valence-corrected chi connectivity index (χ0v) is 10.5. The van der Waals surface area contributed by atoms with Gasteiger partial charge in [-0.2, -0.15) is 0 Å². The number of aromatic nitrogens is 1. The van der Waals surface area contributed by atoms with Gasteiger partial charge in [0.2, 0.25) is 0 Å². The zero-order chi connectivity index (χ0) is 14.3. The Balaban J connectivity index is 2.20. The molecular formula is C13H10N4O3. The van der Waals surface area contributed by atoms with Crippen LogP contribution in [0.4, 0.5) is 22.9 Å². The lowest BCUT2D eigenvalue weighted by molar-refractivity contribution is -0.384. The molecule has 20 heavy (non-hydrogen) atoms. The number of rotatable bonds is 1. The molecule has 0 saturated carbocycles. The number of hydrogen-bond acceptors (Lipinski definition) is 5. The summed E-state index contributed by atoms with van der Waals surface area (Å²) in [5.74, 6) is 0.178. The van der Waals surface area contributed by atoms with Crippen LogP contribution in [0.25, 0.3) is 0 Å². The molecule has 7 nitrogen and oxygen atoms in total. The first-order valence-corrected chi connectivity index (χ1v) is 5.86. The average molecular weight is 270 g/mol. The molecule has 100 valence electrons. The van der Waals surface area contributed by atoms with Crippen LogP contribution in [0.5, 0.6) is 0 Å². The number of nitro groups is 1. The molecular weight excluding hydrogens is 260 g/mol. The lowest BCUT2D eigenvalue weighted by Gasteiger charge is -2.16. The molecule has 0 unspecified atom stereocenters. The third-order valence-corrected chi connectivity index (χ3v) is 3.15. The maximum atomic E-state index is 12.3. The summed E-state index contributed by atoms with van der Waals surface area (Å²) < 4.78 is 0. The molecule has 3 rings (SSSR count). The number of carbonyl (C=O) groups is 1. The van der Waals surface area contributed by atoms with Crippen molar-refractivity contribution in [2.45, 2.75) is 0 Å². The van der Waals surface area contributed by atoms with E-state index in [1.807, 2.05) is 0 Å². The first kappa shape index (κ1) is 12.1. The Labute approximate surface area is 114 Å². The van der Waals surface area contributed by atoms with Crippen molar-refractivity contribution in [3.8, 4) is 0 Å². The van der Waals surface area contributed by atoms with Gasteiger partial charge in [0, 0.05) is 25.4 Å². The van der Waals surface area contributed by atoms with Crippen molar-refractivity contribution in [2.24, 2.45) is 0 Å². The Kier molecular flexibility index (Phi) is 2.60. The number of non-ortho nitro benzene ring substituents is 1. The van der Waals surface area contributed by atoms with E-state index in [2.05, 4.69) is 10.3 Å². The highest BCUT2D eigenvalue weighted by Crippen LogP contribution is 2.36. The van der Waals surface area contributed by atoms with Crippen molar-refractivity contribution in [1.29, 1.82) is 0 Å². The van der Waals surface area contributed by atoms with E-state index in [-0.39, 0.29) is 11.6 Å². The smallest absolute Gasteiger partial charge is 0.271 e. The number of carbonyl (C=O) groups excluding carboxylic acids is 1. The fourth-order valence-corrected chi connectivity index (χ4v) is 2.13. The topological polar surface area (TPSA) is 88.4 Å². The molecule has 7 heteroatoms. The van der Waals surface area contributed by atoms with Crippen LogP contribution in [0.15, 0.2) is 36.5 Å². The van der Waals surface area contributed by atoms with Crippen LogP contribution in [0.2, 0.25) is 0 Å². The predicted molar refractivity (Wildman–Crippen MR) is 73.3 cm³/mol. The Bertz CT molecular complexity index is 729. The SMILES string of the molecule is CN1C(=O)c2cccnc2Nc2cc([N+](=O)[O-])ccc21. The second-order valence-electron chi connectivity index (χ2n) is 4.35. The van der Waals surface area contributed by atoms with Gasteiger partial charge < -0.3 is 10.2 Å². The fraction of sp³-hybridized carbons (Fsp3) is 0.0769. The molecule has 0 saturated heterocycles. The van der Waals surface area contributed by atoms with Gasteiger partial charge in [0.05, 0.1) is 21.9 Å². The van der Waals surface area contributed by atoms with Gasteiger partial charge in [-0.1, -0.05) is 0 Å². The average Bonchev–Trinajstić information content (AvgIpc) is 2.55. The van der Waals surface area contributed by atoms with Crippen LogP contribution < -0.4 is 10.2 Å². The Morgan fingerprint density at radius 1 is 1.35 bits per heavy atom. The third-order valence-electron chi connectivity index (χ3n) is 3.15. The van der Waals surface area contributed by atoms with Crippen LogP contribution in [-0.4, -0.2) is 22.9 Å². The van der Waals surface area contributed by atoms with Gasteiger partial charge >= 0.3 is 0 Å². The lowest BCUT2D eigenvalue weighted by atomic mass is 10.2. The second-order valence-corrected chi connectivity index (χ2v) is 4.35. The molecule has 2 heterocycles. The van der Waals surface area contributed by atoms with Gasteiger partial charge in [0.15, 0.2) is 0 Å². The molecule has 0 aliphatic carbocycles. The highest BCUT2D eigenvalue weighted by Gasteiger charge is 2.25. The molecule has 0 radical (unpaired) electrons. The van der Waals surface area contributed by atoms with Crippen molar-refractivity contribution >= 4 is 28.8 Å². The number of benzene rings is 1. The van der Waals surface area contributed by atoms with Gasteiger partial charge in [0.1, 0.15) is 5.82 Å². The van der Waals surface area contributed by atoms with E-state index >= 15 is 0 Å². The molecule has 0 spiro atoms. The highest BCUT2D eigenvalue weighted by atomic mass is 16.6. The highest BCUT2D eigenvalue weighted by molar-refractivity contribution is 6.12. The minimum Gasteiger partial charge on any atom is -0.338 e. The summed E-state index contributed by atoms with van der Waals surface area (Å²) in [5, 5.41) is 13.8. The van der Waals surface area contributed by atoms with Gasteiger partial charge in [-0.3, -0.25) is 14.9 Å². The molecule has 1 aromatic heterocycles. The van der Waals surface area contributed by atoms with E-state index in [4.69, 9.17) is 0 Å². The molecule has 0 atom stereocenters. The summed E-state index contributed by atoms with van der Waals surface area (Å²) >= 11 is 0. The van der Waals surface area contributed by atoms with E-state index < -0.39 is 4.92 Å². The largest absolute Gasteiger partial charge is 0.338 e. The third kappa shape index (κ3) is 1.76. The normalized spacial score (nSPS) is 13.1. The van der Waals surface area contributed by atoms with Crippen molar-refractivity contribution < 1.29 is 9.72 Å². The molecule has 1 amide bonds. The second kappa shape index (κ2) is 4.30. The van der Waals surface area contributed by atoms with Crippen molar-refractivity contribution in [3.05, 3.63) is 52.2 Å². The number of nitro benzene ring substituents is 1. The fourth-order valence-electron chi connectivity index (χ4n) is 2.13. The van der Waals surface area contributed by atoms with Gasteiger partial charge in [-0.15, -0.1) is 0 Å². The molecule has 0 fully saturated rings. The van der Waals surface area contributed by atoms with Crippen LogP contribution in [0.3, 0.4) is 0 Å². The number of anilines is 3. The Morgan fingerprint density at radius 2 is 2.15 bits per heavy atom. The lowest BCUT2D eigenvalue weighted by Crippen LogP contribution is -2.25. The number of hydrogen-bond donors (Lipinski definition) is 1. The predicted octanol–water partition coefficient (Wildman–Crippen LogP) is 2.32. The Morgan fingerprint density at radius 3 is 2.90 bits per heavy atom. The van der Waals surface area contributed by atoms with E-state index in [1.165, 1.54) is 17.0 Å².